The van der Waals surface area contributed by atoms with Gasteiger partial charge in [-0.3, -0.25) is 19.4 Å². The van der Waals surface area contributed by atoms with E-state index in [1.165, 1.54) is 10.8 Å². The quantitative estimate of drug-likeness (QED) is 0.0531. The van der Waals surface area contributed by atoms with Crippen LogP contribution in [0.15, 0.2) is 94.2 Å². The smallest absolute Gasteiger partial charge is 0.423 e. The summed E-state index contributed by atoms with van der Waals surface area (Å²) >= 11 is 2.78. The second-order valence-electron chi connectivity index (χ2n) is 17.1. The van der Waals surface area contributed by atoms with Crippen LogP contribution in [0.3, 0.4) is 0 Å². The number of hydrogen-bond donors (Lipinski definition) is 6. The van der Waals surface area contributed by atoms with Crippen molar-refractivity contribution in [3.05, 3.63) is 123 Å². The first-order valence-electron chi connectivity index (χ1n) is 22.6. The first-order chi connectivity index (χ1) is 34.6. The maximum Gasteiger partial charge on any atom is 0.489 e. The first kappa shape index (κ1) is 54.8. The van der Waals surface area contributed by atoms with Gasteiger partial charge in [-0.25, -0.2) is 26.8 Å². The van der Waals surface area contributed by atoms with E-state index < -0.39 is 27.2 Å². The zero-order valence-corrected chi connectivity index (χ0v) is 47.6. The zero-order chi connectivity index (χ0) is 52.9. The van der Waals surface area contributed by atoms with Gasteiger partial charge in [0.2, 0.25) is 31.9 Å². The van der Waals surface area contributed by atoms with Crippen LogP contribution in [-0.4, -0.2) is 96.1 Å². The van der Waals surface area contributed by atoms with Crippen LogP contribution in [-0.2, 0) is 20.0 Å². The van der Waals surface area contributed by atoms with Crippen molar-refractivity contribution >= 4 is 111 Å². The Labute approximate surface area is 447 Å². The maximum absolute atomic E-state index is 11.8. The summed E-state index contributed by atoms with van der Waals surface area (Å²) in [5.41, 5.74) is 14.0. The van der Waals surface area contributed by atoms with Crippen LogP contribution in [0.4, 0.5) is 11.9 Å². The third-order valence-electron chi connectivity index (χ3n) is 11.3. The number of nitrogens with one attached hydrogen (secondary N) is 4. The van der Waals surface area contributed by atoms with Crippen LogP contribution in [0.1, 0.15) is 47.4 Å². The number of aryl methyl sites for hydroxylation is 6. The molecule has 10 aromatic rings. The van der Waals surface area contributed by atoms with Crippen molar-refractivity contribution in [3.63, 3.8) is 0 Å². The minimum absolute atomic E-state index is 0.163. The molecule has 6 N–H and O–H groups in total. The summed E-state index contributed by atoms with van der Waals surface area (Å²) < 4.78 is 64.0. The van der Waals surface area contributed by atoms with Gasteiger partial charge in [0.05, 0.1) is 51.5 Å². The number of pyridine rings is 2. The topological polar surface area (TPSA) is 268 Å². The van der Waals surface area contributed by atoms with Gasteiger partial charge >= 0.3 is 51.0 Å². The molecular weight excluding hydrogens is 1200 g/mol. The van der Waals surface area contributed by atoms with Crippen LogP contribution < -0.4 is 36.1 Å². The molecule has 0 fully saturated rings. The third kappa shape index (κ3) is 13.0. The fraction of sp³-hybridized carbons (Fsp3) is 0.240. The number of aromatic amines is 2. The predicted molar refractivity (Wildman–Crippen MR) is 295 cm³/mol. The summed E-state index contributed by atoms with van der Waals surface area (Å²) in [4.78, 5) is 25.9. The van der Waals surface area contributed by atoms with Crippen LogP contribution in [0.25, 0.3) is 77.3 Å². The summed E-state index contributed by atoms with van der Waals surface area (Å²) in [5, 5.41) is 28.3. The van der Waals surface area contributed by atoms with Crippen molar-refractivity contribution in [1.82, 2.24) is 40.2 Å². The fourth-order valence-corrected chi connectivity index (χ4v) is 11.1. The van der Waals surface area contributed by atoms with Gasteiger partial charge in [0.1, 0.15) is 17.0 Å². The van der Waals surface area contributed by atoms with Gasteiger partial charge in [0.15, 0.2) is 0 Å². The molecule has 0 aliphatic carbocycles. The van der Waals surface area contributed by atoms with Gasteiger partial charge < -0.3 is 29.1 Å². The van der Waals surface area contributed by atoms with E-state index in [2.05, 4.69) is 90.2 Å². The molecule has 0 atom stereocenters. The molecule has 0 saturated heterocycles. The minimum Gasteiger partial charge on any atom is -0.423 e. The molecule has 10 rings (SSSR count). The van der Waals surface area contributed by atoms with Gasteiger partial charge in [0, 0.05) is 43.4 Å². The Morgan fingerprint density at radius 1 is 0.671 bits per heavy atom. The summed E-state index contributed by atoms with van der Waals surface area (Å²) in [6, 6.07) is 23.2. The van der Waals surface area contributed by atoms with Crippen molar-refractivity contribution in [2.45, 2.75) is 54.9 Å². The van der Waals surface area contributed by atoms with E-state index in [0.717, 1.165) is 105 Å². The van der Waals surface area contributed by atoms with E-state index >= 15 is 0 Å². The molecule has 0 amide bonds. The largest absolute Gasteiger partial charge is 0.489 e. The molecule has 0 radical (unpaired) electrons. The Morgan fingerprint density at radius 3 is 1.64 bits per heavy atom. The van der Waals surface area contributed by atoms with Crippen molar-refractivity contribution in [2.75, 3.05) is 31.3 Å². The van der Waals surface area contributed by atoms with Crippen molar-refractivity contribution in [2.24, 2.45) is 0 Å². The average Bonchev–Trinajstić information content (AvgIpc) is 4.09. The molecular formula is C50H54BI2N10O8S2-. The number of aromatic nitrogens is 8. The number of fused-ring (bicyclic) bond motifs is 4. The average molecular weight is 1250 g/mol. The molecule has 23 heteroatoms. The van der Waals surface area contributed by atoms with E-state index in [1.54, 1.807) is 18.5 Å². The first-order valence-corrected chi connectivity index (χ1v) is 31.2. The number of nitrogens with zero attached hydrogens (tertiary/aromatic N) is 6. The number of halogens is 2. The van der Waals surface area contributed by atoms with Crippen LogP contribution in [0.5, 0.6) is 0 Å². The van der Waals surface area contributed by atoms with Gasteiger partial charge in [-0.15, -0.1) is 0 Å². The second kappa shape index (κ2) is 23.0. The summed E-state index contributed by atoms with van der Waals surface area (Å²) in [6.07, 6.45) is 7.02. The van der Waals surface area contributed by atoms with Crippen LogP contribution in [0, 0.1) is 45.1 Å². The number of benzene rings is 4. The zero-order valence-electron chi connectivity index (χ0n) is 41.7. The number of alkyl halides is 2. The number of H-pyrrole nitrogens is 2. The Balaban J connectivity index is 0.000000164. The number of hydrogen-bond acceptors (Lipinski definition) is 14. The minimum atomic E-state index is -3.49. The molecule has 0 bridgehead atoms. The van der Waals surface area contributed by atoms with Gasteiger partial charge in [0.25, 0.3) is 0 Å². The molecule has 6 heterocycles. The van der Waals surface area contributed by atoms with E-state index in [4.69, 9.17) is 9.05 Å². The van der Waals surface area contributed by atoms with E-state index in [9.17, 15) is 26.9 Å². The molecule has 73 heavy (non-hydrogen) atoms. The number of rotatable bonds is 10. The van der Waals surface area contributed by atoms with Crippen LogP contribution >= 0.6 is 22.6 Å². The van der Waals surface area contributed by atoms with Gasteiger partial charge in [-0.05, 0) is 140 Å². The molecule has 18 nitrogen and oxygen atoms in total. The standard InChI is InChI=1S/C23H21N5O3S.C13H13IN4O3S.C10H10BNO2.C4H10I/c1-12-7-8-18-16(6-5-9-24-18)20(12)17-10-15(21-13(2)27-31-14(21)3)11-19-22(17)26-23(25-19)28-32(4,29)30;1-6-11(7(2)21-17-6)8-4-9(14)12-10(5-8)15-13(16-12)18-22(3,19)20;1-7-4-5-9-8(3-2-6-12-9)10(7)11(13)14;1-3-4-5-2/h5-11H,1-4H3,(H2,25,26,28);4-5H,1-3H3,(H2,15,16,18);2-6,13-14H,1H3;3-4H2,1-2H3/q;;;-1. The fourth-order valence-electron chi connectivity index (χ4n) is 8.35. The molecule has 0 aliphatic rings. The Morgan fingerprint density at radius 2 is 1.16 bits per heavy atom. The molecule has 382 valence electrons. The molecule has 6 aromatic heterocycles. The SMILES string of the molecule is CCC[I-]C.Cc1ccc2ncccc2c1-c1cc(-c2c(C)noc2C)cc2[nH]c(NS(C)(=O)=O)nc12.Cc1ccc2ncccc2c1B(O)O.Cc1noc(C)c1-c1cc(I)c2nc(NS(C)(=O)=O)[nH]c2c1. The van der Waals surface area contributed by atoms with Crippen molar-refractivity contribution in [3.8, 4) is 33.4 Å². The number of anilines is 2. The summed E-state index contributed by atoms with van der Waals surface area (Å²) in [7, 11) is -8.31. The molecule has 0 aliphatic heterocycles. The Bertz CT molecular complexity index is 3820. The third-order valence-corrected chi connectivity index (χ3v) is 15.4. The second-order valence-corrected chi connectivity index (χ2v) is 24.4. The number of sulfonamides is 2. The molecule has 0 unspecified atom stereocenters. The summed E-state index contributed by atoms with van der Waals surface area (Å²) in [6.45, 7) is 13.6. The maximum atomic E-state index is 11.8. The van der Waals surface area contributed by atoms with Gasteiger partial charge in [-0.1, -0.05) is 40.1 Å². The van der Waals surface area contributed by atoms with Crippen molar-refractivity contribution < 1.29 is 57.1 Å². The number of imidazole rings is 2. The Kier molecular flexibility index (Phi) is 17.3. The van der Waals surface area contributed by atoms with E-state index in [1.807, 2.05) is 102 Å². The van der Waals surface area contributed by atoms with Crippen molar-refractivity contribution in [1.29, 1.82) is 0 Å². The Hall–Kier alpha value is -6.00. The monoisotopic (exact) mass is 1250 g/mol. The predicted octanol–water partition coefficient (Wildman–Crippen LogP) is 5.88. The molecule has 0 spiro atoms. The summed E-state index contributed by atoms with van der Waals surface area (Å²) in [5.74, 6) is 1.81. The molecule has 4 aromatic carbocycles. The molecule has 0 saturated carbocycles. The van der Waals surface area contributed by atoms with Gasteiger partial charge in [-0.2, -0.15) is 0 Å². The van der Waals surface area contributed by atoms with E-state index in [0.29, 0.717) is 49.0 Å². The normalized spacial score (nSPS) is 11.5. The van der Waals surface area contributed by atoms with Crippen LogP contribution in [0.2, 0.25) is 0 Å². The van der Waals surface area contributed by atoms with E-state index in [-0.39, 0.29) is 11.9 Å².